The normalized spacial score (nSPS) is 13.9. The minimum Gasteiger partial charge on any atom is -0.289 e. The van der Waals surface area contributed by atoms with Gasteiger partial charge in [-0.1, -0.05) is 6.07 Å². The first-order valence-corrected chi connectivity index (χ1v) is 10.6. The lowest BCUT2D eigenvalue weighted by Crippen LogP contribution is -2.24. The number of fused-ring (bicyclic) bond motifs is 2. The summed E-state index contributed by atoms with van der Waals surface area (Å²) in [5.41, 5.74) is 3.75. The van der Waals surface area contributed by atoms with Crippen LogP contribution in [-0.2, 0) is 13.6 Å². The van der Waals surface area contributed by atoms with E-state index in [9.17, 15) is 9.59 Å². The summed E-state index contributed by atoms with van der Waals surface area (Å²) in [5, 5.41) is 9.84. The predicted octanol–water partition coefficient (Wildman–Crippen LogP) is 2.54. The molecule has 32 heavy (non-hydrogen) atoms. The molecule has 1 aromatic carbocycles. The van der Waals surface area contributed by atoms with Gasteiger partial charge in [0.15, 0.2) is 5.65 Å². The molecule has 5 aromatic rings. The van der Waals surface area contributed by atoms with Gasteiger partial charge in [0.2, 0.25) is 0 Å². The number of rotatable bonds is 4. The summed E-state index contributed by atoms with van der Waals surface area (Å²) in [7, 11) is 1.85. The second-order valence-electron chi connectivity index (χ2n) is 8.51. The van der Waals surface area contributed by atoms with E-state index in [1.165, 1.54) is 4.68 Å². The zero-order valence-electron chi connectivity index (χ0n) is 17.7. The summed E-state index contributed by atoms with van der Waals surface area (Å²) in [6, 6.07) is 9.28. The molecule has 0 radical (unpaired) electrons. The minimum absolute atomic E-state index is 0.249. The number of benzene rings is 1. The van der Waals surface area contributed by atoms with Gasteiger partial charge in [-0.05, 0) is 49.9 Å². The third-order valence-electron chi connectivity index (χ3n) is 5.99. The quantitative estimate of drug-likeness (QED) is 0.475. The van der Waals surface area contributed by atoms with Gasteiger partial charge in [-0.2, -0.15) is 9.78 Å². The Kier molecular flexibility index (Phi) is 3.95. The van der Waals surface area contributed by atoms with Crippen molar-refractivity contribution in [1.29, 1.82) is 0 Å². The molecule has 0 aliphatic heterocycles. The molecule has 0 bridgehead atoms. The van der Waals surface area contributed by atoms with Gasteiger partial charge >= 0.3 is 5.69 Å². The number of pyridine rings is 1. The fourth-order valence-electron chi connectivity index (χ4n) is 4.19. The second kappa shape index (κ2) is 6.74. The summed E-state index contributed by atoms with van der Waals surface area (Å²) in [4.78, 5) is 33.8. The van der Waals surface area contributed by atoms with Gasteiger partial charge in [-0.25, -0.2) is 4.79 Å². The van der Waals surface area contributed by atoms with Gasteiger partial charge in [0, 0.05) is 42.6 Å². The van der Waals surface area contributed by atoms with Gasteiger partial charge < -0.3 is 0 Å². The molecule has 1 aliphatic carbocycles. The van der Waals surface area contributed by atoms with Gasteiger partial charge in [-0.15, -0.1) is 5.10 Å². The third-order valence-corrected chi connectivity index (χ3v) is 5.99. The van der Waals surface area contributed by atoms with Crippen LogP contribution in [0.2, 0.25) is 0 Å². The number of aromatic amines is 1. The molecule has 1 fully saturated rings. The Labute approximate surface area is 181 Å². The van der Waals surface area contributed by atoms with E-state index in [1.54, 1.807) is 15.4 Å². The number of H-pyrrole nitrogens is 1. The second-order valence-corrected chi connectivity index (χ2v) is 8.51. The maximum atomic E-state index is 13.8. The number of aromatic nitrogens is 7. The van der Waals surface area contributed by atoms with Crippen LogP contribution in [0, 0.1) is 12.8 Å². The first-order valence-electron chi connectivity index (χ1n) is 10.6. The average Bonchev–Trinajstić information content (AvgIpc) is 3.43. The number of hydrogen-bond acceptors (Lipinski definition) is 5. The van der Waals surface area contributed by atoms with E-state index < -0.39 is 0 Å². The highest BCUT2D eigenvalue weighted by molar-refractivity contribution is 5.89. The van der Waals surface area contributed by atoms with Gasteiger partial charge in [0.1, 0.15) is 5.52 Å². The summed E-state index contributed by atoms with van der Waals surface area (Å²) in [5.74, 6) is 0.464. The van der Waals surface area contributed by atoms with E-state index in [0.29, 0.717) is 40.4 Å². The van der Waals surface area contributed by atoms with Gasteiger partial charge in [0.05, 0.1) is 16.8 Å². The van der Waals surface area contributed by atoms with Crippen LogP contribution in [0.3, 0.4) is 0 Å². The monoisotopic (exact) mass is 427 g/mol. The summed E-state index contributed by atoms with van der Waals surface area (Å²) < 4.78 is 4.74. The van der Waals surface area contributed by atoms with Crippen LogP contribution in [0.5, 0.6) is 0 Å². The van der Waals surface area contributed by atoms with Crippen molar-refractivity contribution >= 4 is 22.1 Å². The zero-order chi connectivity index (χ0) is 22.0. The van der Waals surface area contributed by atoms with Crippen LogP contribution in [-0.4, -0.2) is 34.1 Å². The zero-order valence-corrected chi connectivity index (χ0v) is 17.7. The van der Waals surface area contributed by atoms with Gasteiger partial charge in [-0.3, -0.25) is 24.0 Å². The average molecular weight is 427 g/mol. The molecule has 4 aromatic heterocycles. The largest absolute Gasteiger partial charge is 0.327 e. The molecule has 0 unspecified atom stereocenters. The molecular formula is C23H21N7O2. The lowest BCUT2D eigenvalue weighted by molar-refractivity contribution is 0.624. The Morgan fingerprint density at radius 3 is 2.72 bits per heavy atom. The van der Waals surface area contributed by atoms with E-state index in [2.05, 4.69) is 20.2 Å². The fraction of sp³-hybridized carbons (Fsp3) is 0.261. The summed E-state index contributed by atoms with van der Waals surface area (Å²) in [6.07, 6.45) is 5.76. The maximum Gasteiger partial charge on any atom is 0.327 e. The Bertz CT molecular complexity index is 1610. The molecule has 1 aliphatic rings. The molecule has 4 heterocycles. The molecule has 1 N–H and O–H groups in total. The topological polar surface area (TPSA) is 103 Å². The van der Waals surface area contributed by atoms with Crippen molar-refractivity contribution in [1.82, 2.24) is 34.1 Å². The molecule has 9 heteroatoms. The van der Waals surface area contributed by atoms with E-state index in [0.717, 1.165) is 29.4 Å². The van der Waals surface area contributed by atoms with Crippen LogP contribution in [0.4, 0.5) is 0 Å². The van der Waals surface area contributed by atoms with Gasteiger partial charge in [0.25, 0.3) is 5.56 Å². The molecule has 6 rings (SSSR count). The van der Waals surface area contributed by atoms with Crippen molar-refractivity contribution < 1.29 is 0 Å². The Morgan fingerprint density at radius 1 is 1.12 bits per heavy atom. The Balaban J connectivity index is 1.66. The molecule has 1 saturated carbocycles. The molecule has 160 valence electrons. The van der Waals surface area contributed by atoms with Crippen molar-refractivity contribution in [2.24, 2.45) is 13.0 Å². The summed E-state index contributed by atoms with van der Waals surface area (Å²) in [6.45, 7) is 2.48. The number of nitrogens with zero attached hydrogens (tertiary/aromatic N) is 6. The maximum absolute atomic E-state index is 13.8. The smallest absolute Gasteiger partial charge is 0.289 e. The first-order chi connectivity index (χ1) is 15.5. The van der Waals surface area contributed by atoms with Crippen LogP contribution >= 0.6 is 0 Å². The highest BCUT2D eigenvalue weighted by atomic mass is 16.1. The molecular weight excluding hydrogens is 406 g/mol. The molecule has 0 spiro atoms. The standard InChI is InChI=1S/C23H21N7O2/c1-13-3-6-15(10-24-13)19-20-21(25-23(32)29(20)11-14-4-5-14)27-30(22(19)31)17-7-8-18-16(9-17)12-28(2)26-18/h3,6-10,12,14H,4-5,11H2,1-2H3,(H,25,27,32). The predicted molar refractivity (Wildman–Crippen MR) is 121 cm³/mol. The number of nitrogens with one attached hydrogen (secondary N) is 1. The Morgan fingerprint density at radius 2 is 1.97 bits per heavy atom. The molecule has 0 amide bonds. The highest BCUT2D eigenvalue weighted by Crippen LogP contribution is 2.32. The van der Waals surface area contributed by atoms with Crippen LogP contribution < -0.4 is 11.2 Å². The molecule has 0 atom stereocenters. The number of aryl methyl sites for hydroxylation is 2. The minimum atomic E-state index is -0.296. The van der Waals surface area contributed by atoms with Crippen molar-refractivity contribution in [3.8, 4) is 16.8 Å². The lowest BCUT2D eigenvalue weighted by Gasteiger charge is -2.11. The van der Waals surface area contributed by atoms with Crippen LogP contribution in [0.25, 0.3) is 38.9 Å². The number of imidazole rings is 1. The van der Waals surface area contributed by atoms with Crippen LogP contribution in [0.15, 0.2) is 52.3 Å². The lowest BCUT2D eigenvalue weighted by atomic mass is 10.1. The van der Waals surface area contributed by atoms with E-state index in [-0.39, 0.29) is 11.2 Å². The summed E-state index contributed by atoms with van der Waals surface area (Å²) >= 11 is 0. The number of hydrogen-bond donors (Lipinski definition) is 1. The molecule has 0 saturated heterocycles. The van der Waals surface area contributed by atoms with Crippen molar-refractivity contribution in [3.63, 3.8) is 0 Å². The van der Waals surface area contributed by atoms with Crippen LogP contribution in [0.1, 0.15) is 18.5 Å². The van der Waals surface area contributed by atoms with E-state index >= 15 is 0 Å². The Hall–Kier alpha value is -4.01. The van der Waals surface area contributed by atoms with Crippen molar-refractivity contribution in [2.45, 2.75) is 26.3 Å². The van der Waals surface area contributed by atoms with E-state index in [4.69, 9.17) is 0 Å². The van der Waals surface area contributed by atoms with Crippen molar-refractivity contribution in [3.05, 3.63) is 69.3 Å². The fourth-order valence-corrected chi connectivity index (χ4v) is 4.19. The first kappa shape index (κ1) is 18.7. The highest BCUT2D eigenvalue weighted by Gasteiger charge is 2.27. The third kappa shape index (κ3) is 2.96. The molecule has 9 nitrogen and oxygen atoms in total. The van der Waals surface area contributed by atoms with E-state index in [1.807, 2.05) is 50.5 Å². The van der Waals surface area contributed by atoms with Crippen molar-refractivity contribution in [2.75, 3.05) is 0 Å². The SMILES string of the molecule is Cc1ccc(-c2c(=O)n(-c3ccc4nn(C)cc4c3)nc3[nH]c(=O)n(CC4CC4)c23)cn1.